The minimum Gasteiger partial charge on any atom is -0.464 e. The SMILES string of the molecule is O=C(NC(c1ccccc1)c1ccc(C2CC2)c(F)c1)C1CC(F)CN1C(=O)Cc1cc2ccccc2n1C(=O)O. The number of aromatic nitrogens is 1. The highest BCUT2D eigenvalue weighted by molar-refractivity contribution is 5.93. The molecular weight excluding hydrogens is 528 g/mol. The summed E-state index contributed by atoms with van der Waals surface area (Å²) in [6.07, 6.45) is -1.23. The summed E-state index contributed by atoms with van der Waals surface area (Å²) in [5.74, 6) is -1.20. The second kappa shape index (κ2) is 10.8. The molecule has 7 nitrogen and oxygen atoms in total. The van der Waals surface area contributed by atoms with Gasteiger partial charge in [0.2, 0.25) is 11.8 Å². The van der Waals surface area contributed by atoms with E-state index < -0.39 is 36.2 Å². The Hall–Kier alpha value is -4.53. The molecule has 9 heteroatoms. The van der Waals surface area contributed by atoms with Gasteiger partial charge >= 0.3 is 6.09 Å². The van der Waals surface area contributed by atoms with Crippen LogP contribution in [-0.2, 0) is 16.0 Å². The molecule has 2 aliphatic rings. The molecule has 1 saturated heterocycles. The smallest absolute Gasteiger partial charge is 0.416 e. The number of carbonyl (C=O) groups is 3. The van der Waals surface area contributed by atoms with Crippen LogP contribution in [0.25, 0.3) is 10.9 Å². The van der Waals surface area contributed by atoms with Crippen molar-refractivity contribution >= 4 is 28.8 Å². The summed E-state index contributed by atoms with van der Waals surface area (Å²) in [6.45, 7) is -0.273. The van der Waals surface area contributed by atoms with Gasteiger partial charge in [-0.05, 0) is 53.6 Å². The molecule has 41 heavy (non-hydrogen) atoms. The van der Waals surface area contributed by atoms with Crippen molar-refractivity contribution in [2.75, 3.05) is 6.54 Å². The van der Waals surface area contributed by atoms with Gasteiger partial charge < -0.3 is 15.3 Å². The molecule has 4 aromatic rings. The third-order valence-corrected chi connectivity index (χ3v) is 7.98. The first kappa shape index (κ1) is 26.7. The van der Waals surface area contributed by atoms with Gasteiger partial charge in [-0.3, -0.25) is 9.59 Å². The van der Waals surface area contributed by atoms with Gasteiger partial charge in [-0.2, -0.15) is 0 Å². The Morgan fingerprint density at radius 3 is 2.39 bits per heavy atom. The molecule has 2 heterocycles. The third-order valence-electron chi connectivity index (χ3n) is 7.98. The first-order chi connectivity index (χ1) is 19.8. The number of para-hydroxylation sites is 1. The average molecular weight is 558 g/mol. The van der Waals surface area contributed by atoms with E-state index >= 15 is 0 Å². The fourth-order valence-electron chi connectivity index (χ4n) is 5.82. The van der Waals surface area contributed by atoms with Crippen LogP contribution in [0.4, 0.5) is 13.6 Å². The van der Waals surface area contributed by atoms with Crippen LogP contribution in [0.2, 0.25) is 0 Å². The van der Waals surface area contributed by atoms with Crippen LogP contribution in [0, 0.1) is 5.82 Å². The number of amides is 2. The van der Waals surface area contributed by atoms with E-state index in [-0.39, 0.29) is 36.8 Å². The molecule has 1 aliphatic carbocycles. The number of fused-ring (bicyclic) bond motifs is 1. The summed E-state index contributed by atoms with van der Waals surface area (Å²) in [7, 11) is 0. The molecule has 1 aromatic heterocycles. The zero-order valence-corrected chi connectivity index (χ0v) is 22.2. The monoisotopic (exact) mass is 557 g/mol. The fraction of sp³-hybridized carbons (Fsp3) is 0.281. The summed E-state index contributed by atoms with van der Waals surface area (Å²) in [6, 6.07) is 20.8. The molecule has 6 rings (SSSR count). The predicted octanol–water partition coefficient (Wildman–Crippen LogP) is 5.57. The normalized spacial score (nSPS) is 19.3. The van der Waals surface area contributed by atoms with Crippen molar-refractivity contribution in [3.63, 3.8) is 0 Å². The molecule has 0 spiro atoms. The molecule has 1 aliphatic heterocycles. The number of nitrogens with one attached hydrogen (secondary N) is 1. The molecule has 3 aromatic carbocycles. The van der Waals surface area contributed by atoms with Gasteiger partial charge in [0, 0.05) is 17.5 Å². The predicted molar refractivity (Wildman–Crippen MR) is 149 cm³/mol. The number of nitrogens with zero attached hydrogens (tertiary/aromatic N) is 2. The van der Waals surface area contributed by atoms with Gasteiger partial charge in [0.05, 0.1) is 24.5 Å². The maximum atomic E-state index is 15.0. The van der Waals surface area contributed by atoms with Crippen molar-refractivity contribution in [1.82, 2.24) is 14.8 Å². The van der Waals surface area contributed by atoms with E-state index in [4.69, 9.17) is 0 Å². The van der Waals surface area contributed by atoms with Gasteiger partial charge in [-0.25, -0.2) is 18.1 Å². The maximum absolute atomic E-state index is 15.0. The van der Waals surface area contributed by atoms with E-state index in [1.807, 2.05) is 30.3 Å². The Balaban J connectivity index is 1.26. The number of hydrogen-bond acceptors (Lipinski definition) is 3. The number of halogens is 2. The number of likely N-dealkylation sites (tertiary alicyclic amines) is 1. The molecule has 2 fully saturated rings. The quantitative estimate of drug-likeness (QED) is 0.311. The van der Waals surface area contributed by atoms with Crippen LogP contribution < -0.4 is 5.32 Å². The van der Waals surface area contributed by atoms with Crippen LogP contribution in [0.3, 0.4) is 0 Å². The average Bonchev–Trinajstić information content (AvgIpc) is 3.62. The third kappa shape index (κ3) is 5.31. The van der Waals surface area contributed by atoms with Crippen LogP contribution in [0.5, 0.6) is 0 Å². The summed E-state index contributed by atoms with van der Waals surface area (Å²) in [4.78, 5) is 40.2. The van der Waals surface area contributed by atoms with Crippen LogP contribution in [0.15, 0.2) is 78.9 Å². The summed E-state index contributed by atoms with van der Waals surface area (Å²) in [5, 5.41) is 13.4. The molecule has 210 valence electrons. The Morgan fingerprint density at radius 2 is 1.68 bits per heavy atom. The van der Waals surface area contributed by atoms with Gasteiger partial charge in [-0.1, -0.05) is 60.7 Å². The lowest BCUT2D eigenvalue weighted by Crippen LogP contribution is -2.47. The number of benzene rings is 3. The largest absolute Gasteiger partial charge is 0.464 e. The highest BCUT2D eigenvalue weighted by Gasteiger charge is 2.41. The lowest BCUT2D eigenvalue weighted by atomic mass is 9.96. The Labute approximate surface area is 235 Å². The van der Waals surface area contributed by atoms with E-state index in [1.165, 1.54) is 11.0 Å². The molecule has 3 atom stereocenters. The van der Waals surface area contributed by atoms with Crippen molar-refractivity contribution in [2.24, 2.45) is 0 Å². The van der Waals surface area contributed by atoms with Gasteiger partial charge in [0.1, 0.15) is 18.0 Å². The molecule has 2 N–H and O–H groups in total. The molecule has 0 radical (unpaired) electrons. The Morgan fingerprint density at radius 1 is 0.951 bits per heavy atom. The second-order valence-electron chi connectivity index (χ2n) is 10.8. The van der Waals surface area contributed by atoms with Crippen molar-refractivity contribution in [2.45, 2.75) is 49.9 Å². The molecule has 1 saturated carbocycles. The van der Waals surface area contributed by atoms with Gasteiger partial charge in [0.15, 0.2) is 0 Å². The Kier molecular flexibility index (Phi) is 7.03. The Bertz CT molecular complexity index is 1630. The molecule has 3 unspecified atom stereocenters. The van der Waals surface area contributed by atoms with Crippen LogP contribution in [-0.4, -0.2) is 51.2 Å². The molecular formula is C32H29F2N3O4. The van der Waals surface area contributed by atoms with Crippen molar-refractivity contribution in [3.05, 3.63) is 107 Å². The minimum atomic E-state index is -1.41. The number of hydrogen-bond donors (Lipinski definition) is 2. The molecule has 2 amide bonds. The standard InChI is InChI=1S/C32H29F2N3O4/c33-23-16-28(36(18-23)29(38)17-24-14-21-8-4-5-9-27(21)37(24)32(40)41)31(39)35-30(20-6-2-1-3-7-20)22-12-13-25(19-10-11-19)26(34)15-22/h1-9,12-15,19,23,28,30H,10-11,16-18H2,(H,35,39)(H,40,41). The van der Waals surface area contributed by atoms with E-state index in [2.05, 4.69) is 5.32 Å². The second-order valence-corrected chi connectivity index (χ2v) is 10.8. The first-order valence-corrected chi connectivity index (χ1v) is 13.7. The van der Waals surface area contributed by atoms with Crippen molar-refractivity contribution in [1.29, 1.82) is 0 Å². The maximum Gasteiger partial charge on any atom is 0.416 e. The highest BCUT2D eigenvalue weighted by Crippen LogP contribution is 2.42. The highest BCUT2D eigenvalue weighted by atomic mass is 19.1. The number of carboxylic acid groups (broad SMARTS) is 1. The van der Waals surface area contributed by atoms with Gasteiger partial charge in [0.25, 0.3) is 0 Å². The van der Waals surface area contributed by atoms with E-state index in [9.17, 15) is 28.3 Å². The lowest BCUT2D eigenvalue weighted by Gasteiger charge is -2.27. The lowest BCUT2D eigenvalue weighted by molar-refractivity contribution is -0.138. The van der Waals surface area contributed by atoms with Gasteiger partial charge in [-0.15, -0.1) is 0 Å². The minimum absolute atomic E-state index is 0.185. The number of alkyl halides is 1. The zero-order valence-electron chi connectivity index (χ0n) is 22.2. The first-order valence-electron chi connectivity index (χ1n) is 13.7. The number of carbonyl (C=O) groups excluding carboxylic acids is 2. The summed E-state index contributed by atoms with van der Waals surface area (Å²) >= 11 is 0. The van der Waals surface area contributed by atoms with E-state index in [0.717, 1.165) is 23.0 Å². The summed E-state index contributed by atoms with van der Waals surface area (Å²) < 4.78 is 30.7. The zero-order chi connectivity index (χ0) is 28.7. The van der Waals surface area contributed by atoms with Crippen molar-refractivity contribution in [3.8, 4) is 0 Å². The topological polar surface area (TPSA) is 91.6 Å². The summed E-state index contributed by atoms with van der Waals surface area (Å²) in [5.41, 5.74) is 2.60. The number of rotatable bonds is 7. The molecule has 0 bridgehead atoms. The van der Waals surface area contributed by atoms with Crippen LogP contribution in [0.1, 0.15) is 53.6 Å². The van der Waals surface area contributed by atoms with Crippen molar-refractivity contribution < 1.29 is 28.3 Å². The fourth-order valence-corrected chi connectivity index (χ4v) is 5.82. The van der Waals surface area contributed by atoms with Crippen LogP contribution >= 0.6 is 0 Å². The van der Waals surface area contributed by atoms with E-state index in [1.54, 1.807) is 42.5 Å². The van der Waals surface area contributed by atoms with E-state index in [0.29, 0.717) is 22.0 Å².